The van der Waals surface area contributed by atoms with E-state index in [1.165, 1.54) is 0 Å². The standard InChI is InChI=1S/C34H33N3O4/c1-3-41-32(38)23-36-21-8-22-37(31-12-7-6-11-30(31)36)34(40)26-17-19-27(20-18-26)35-33(39)29-10-5-4-9-28(29)25-15-13-24(2)14-16-25/h4-7,9-20H,3,8,21-23H2,1-2H3,(H,35,39). The molecule has 0 saturated heterocycles. The molecular weight excluding hydrogens is 514 g/mol. The zero-order chi connectivity index (χ0) is 28.8. The molecule has 0 fully saturated rings. The van der Waals surface area contributed by atoms with Crippen molar-refractivity contribution < 1.29 is 19.1 Å². The average Bonchev–Trinajstić information content (AvgIpc) is 3.17. The molecule has 4 aromatic rings. The maximum Gasteiger partial charge on any atom is 0.325 e. The molecule has 0 unspecified atom stereocenters. The summed E-state index contributed by atoms with van der Waals surface area (Å²) in [4.78, 5) is 42.8. The second-order valence-corrected chi connectivity index (χ2v) is 9.97. The number of carbonyl (C=O) groups is 3. The van der Waals surface area contributed by atoms with Gasteiger partial charge in [0.2, 0.25) is 0 Å². The van der Waals surface area contributed by atoms with E-state index in [9.17, 15) is 14.4 Å². The topological polar surface area (TPSA) is 79.0 Å². The number of benzene rings is 4. The molecule has 0 radical (unpaired) electrons. The summed E-state index contributed by atoms with van der Waals surface area (Å²) in [5.41, 5.74) is 6.24. The minimum Gasteiger partial charge on any atom is -0.465 e. The van der Waals surface area contributed by atoms with Gasteiger partial charge in [0, 0.05) is 29.9 Å². The van der Waals surface area contributed by atoms with E-state index in [0.29, 0.717) is 42.9 Å². The molecule has 1 aliphatic heterocycles. The average molecular weight is 548 g/mol. The molecule has 41 heavy (non-hydrogen) atoms. The van der Waals surface area contributed by atoms with Crippen LogP contribution in [-0.4, -0.2) is 44.0 Å². The largest absolute Gasteiger partial charge is 0.465 e. The van der Waals surface area contributed by atoms with Crippen molar-refractivity contribution in [1.82, 2.24) is 0 Å². The Morgan fingerprint density at radius 3 is 2.22 bits per heavy atom. The molecule has 2 amide bonds. The number of hydrogen-bond donors (Lipinski definition) is 1. The molecule has 0 bridgehead atoms. The van der Waals surface area contributed by atoms with Crippen LogP contribution >= 0.6 is 0 Å². The quantitative estimate of drug-likeness (QED) is 0.274. The van der Waals surface area contributed by atoms with E-state index < -0.39 is 0 Å². The van der Waals surface area contributed by atoms with Crippen LogP contribution in [0, 0.1) is 6.92 Å². The number of ether oxygens (including phenoxy) is 1. The van der Waals surface area contributed by atoms with Gasteiger partial charge >= 0.3 is 5.97 Å². The van der Waals surface area contributed by atoms with E-state index in [1.54, 1.807) is 36.1 Å². The lowest BCUT2D eigenvalue weighted by Crippen LogP contribution is -2.31. The van der Waals surface area contributed by atoms with Crippen LogP contribution in [0.2, 0.25) is 0 Å². The second-order valence-electron chi connectivity index (χ2n) is 9.97. The van der Waals surface area contributed by atoms with Crippen LogP contribution in [0.5, 0.6) is 0 Å². The number of fused-ring (bicyclic) bond motifs is 1. The summed E-state index contributed by atoms with van der Waals surface area (Å²) in [6, 6.07) is 30.2. The number of aryl methyl sites for hydroxylation is 1. The Balaban J connectivity index is 1.32. The Kier molecular flexibility index (Phi) is 8.44. The first-order valence-corrected chi connectivity index (χ1v) is 13.8. The number of carbonyl (C=O) groups excluding carboxylic acids is 3. The predicted molar refractivity (Wildman–Crippen MR) is 163 cm³/mol. The fourth-order valence-electron chi connectivity index (χ4n) is 5.07. The van der Waals surface area contributed by atoms with Crippen LogP contribution in [0.3, 0.4) is 0 Å². The van der Waals surface area contributed by atoms with Crippen molar-refractivity contribution in [2.45, 2.75) is 20.3 Å². The number of para-hydroxylation sites is 2. The van der Waals surface area contributed by atoms with Gasteiger partial charge in [-0.25, -0.2) is 0 Å². The first-order chi connectivity index (χ1) is 19.9. The summed E-state index contributed by atoms with van der Waals surface area (Å²) in [6.45, 7) is 5.43. The number of nitrogens with one attached hydrogen (secondary N) is 1. The monoisotopic (exact) mass is 547 g/mol. The van der Waals surface area contributed by atoms with Gasteiger partial charge in [-0.05, 0) is 73.9 Å². The maximum atomic E-state index is 13.7. The molecule has 7 heteroatoms. The predicted octanol–water partition coefficient (Wildman–Crippen LogP) is 6.33. The van der Waals surface area contributed by atoms with Crippen molar-refractivity contribution in [2.24, 2.45) is 0 Å². The first kappa shape index (κ1) is 27.6. The Bertz CT molecular complexity index is 1550. The number of rotatable bonds is 7. The second kappa shape index (κ2) is 12.5. The first-order valence-electron chi connectivity index (χ1n) is 13.8. The molecule has 1 N–H and O–H groups in total. The molecule has 7 nitrogen and oxygen atoms in total. The number of amides is 2. The Labute approximate surface area is 240 Å². The van der Waals surface area contributed by atoms with Gasteiger partial charge in [0.25, 0.3) is 11.8 Å². The van der Waals surface area contributed by atoms with Crippen molar-refractivity contribution in [3.63, 3.8) is 0 Å². The Morgan fingerprint density at radius 2 is 1.49 bits per heavy atom. The third-order valence-electron chi connectivity index (χ3n) is 7.12. The third kappa shape index (κ3) is 6.30. The van der Waals surface area contributed by atoms with Crippen LogP contribution in [0.1, 0.15) is 39.6 Å². The Morgan fingerprint density at radius 1 is 0.805 bits per heavy atom. The SMILES string of the molecule is CCOC(=O)CN1CCCN(C(=O)c2ccc(NC(=O)c3ccccc3-c3ccc(C)cc3)cc2)c2ccccc21. The lowest BCUT2D eigenvalue weighted by atomic mass is 9.98. The molecule has 0 spiro atoms. The lowest BCUT2D eigenvalue weighted by molar-refractivity contribution is -0.141. The van der Waals surface area contributed by atoms with E-state index in [-0.39, 0.29) is 24.3 Å². The highest BCUT2D eigenvalue weighted by Gasteiger charge is 2.26. The van der Waals surface area contributed by atoms with Crippen LogP contribution in [0.4, 0.5) is 17.1 Å². The van der Waals surface area contributed by atoms with Crippen molar-refractivity contribution >= 4 is 34.8 Å². The highest BCUT2D eigenvalue weighted by molar-refractivity contribution is 6.10. The van der Waals surface area contributed by atoms with Gasteiger partial charge in [0.15, 0.2) is 0 Å². The summed E-state index contributed by atoms with van der Waals surface area (Å²) in [7, 11) is 0. The van der Waals surface area contributed by atoms with E-state index in [1.807, 2.05) is 84.6 Å². The smallest absolute Gasteiger partial charge is 0.325 e. The molecule has 0 saturated carbocycles. The van der Waals surface area contributed by atoms with Gasteiger partial charge in [-0.1, -0.05) is 60.2 Å². The van der Waals surface area contributed by atoms with Gasteiger partial charge in [-0.3, -0.25) is 14.4 Å². The highest BCUT2D eigenvalue weighted by Crippen LogP contribution is 2.33. The van der Waals surface area contributed by atoms with Gasteiger partial charge in [0.05, 0.1) is 18.0 Å². The van der Waals surface area contributed by atoms with E-state index in [2.05, 4.69) is 5.32 Å². The summed E-state index contributed by atoms with van der Waals surface area (Å²) >= 11 is 0. The molecule has 0 aliphatic carbocycles. The van der Waals surface area contributed by atoms with E-state index in [0.717, 1.165) is 28.1 Å². The molecule has 1 heterocycles. The van der Waals surface area contributed by atoms with Crippen molar-refractivity contribution in [3.05, 3.63) is 114 Å². The third-order valence-corrected chi connectivity index (χ3v) is 7.12. The molecular formula is C34H33N3O4. The number of anilines is 3. The number of esters is 1. The Hall–Kier alpha value is -4.91. The van der Waals surface area contributed by atoms with Crippen LogP contribution in [-0.2, 0) is 9.53 Å². The van der Waals surface area contributed by atoms with Crippen molar-refractivity contribution in [2.75, 3.05) is 41.4 Å². The molecule has 5 rings (SSSR count). The fourth-order valence-corrected chi connectivity index (χ4v) is 5.07. The van der Waals surface area contributed by atoms with E-state index >= 15 is 0 Å². The summed E-state index contributed by atoms with van der Waals surface area (Å²) < 4.78 is 5.15. The van der Waals surface area contributed by atoms with Gasteiger partial charge in [0.1, 0.15) is 6.54 Å². The highest BCUT2D eigenvalue weighted by atomic mass is 16.5. The lowest BCUT2D eigenvalue weighted by Gasteiger charge is -2.26. The number of nitrogens with zero attached hydrogens (tertiary/aromatic N) is 2. The van der Waals surface area contributed by atoms with Crippen molar-refractivity contribution in [3.8, 4) is 11.1 Å². The minimum atomic E-state index is -0.291. The van der Waals surface area contributed by atoms with Gasteiger partial charge in [-0.2, -0.15) is 0 Å². The normalized spacial score (nSPS) is 12.7. The zero-order valence-corrected chi connectivity index (χ0v) is 23.3. The van der Waals surface area contributed by atoms with Gasteiger partial charge < -0.3 is 19.9 Å². The molecule has 208 valence electrons. The van der Waals surface area contributed by atoms with Crippen molar-refractivity contribution in [1.29, 1.82) is 0 Å². The summed E-state index contributed by atoms with van der Waals surface area (Å²) in [5, 5.41) is 2.97. The van der Waals surface area contributed by atoms with Gasteiger partial charge in [-0.15, -0.1) is 0 Å². The minimum absolute atomic E-state index is 0.133. The number of hydrogen-bond acceptors (Lipinski definition) is 5. The molecule has 4 aromatic carbocycles. The van der Waals surface area contributed by atoms with Crippen LogP contribution in [0.25, 0.3) is 11.1 Å². The maximum absolute atomic E-state index is 13.7. The summed E-state index contributed by atoms with van der Waals surface area (Å²) in [5.74, 6) is -0.650. The summed E-state index contributed by atoms with van der Waals surface area (Å²) in [6.07, 6.45) is 0.703. The molecule has 1 aliphatic rings. The molecule has 0 aromatic heterocycles. The van der Waals surface area contributed by atoms with E-state index in [4.69, 9.17) is 4.74 Å². The molecule has 0 atom stereocenters. The fraction of sp³-hybridized carbons (Fsp3) is 0.206. The van der Waals surface area contributed by atoms with Crippen LogP contribution in [0.15, 0.2) is 97.1 Å². The van der Waals surface area contributed by atoms with Crippen LogP contribution < -0.4 is 15.1 Å². The zero-order valence-electron chi connectivity index (χ0n) is 23.3.